The average molecular weight is 179 g/mol. The molecular weight excluding hydrogens is 166 g/mol. The van der Waals surface area contributed by atoms with E-state index in [1.54, 1.807) is 19.2 Å². The van der Waals surface area contributed by atoms with Crippen LogP contribution in [0.1, 0.15) is 18.1 Å². The Kier molecular flexibility index (Phi) is 3.46. The Labute approximate surface area is 77.4 Å². The molecule has 13 heavy (non-hydrogen) atoms. The number of carbonyl (C=O) groups excluding carboxylic acids is 1. The maximum atomic E-state index is 10.9. The number of rotatable bonds is 3. The molecule has 0 aliphatic rings. The summed E-state index contributed by atoms with van der Waals surface area (Å²) in [5.41, 5.74) is 0.770. The number of aliphatic hydroxyl groups excluding tert-OH is 1. The second kappa shape index (κ2) is 4.62. The SMILES string of the molecule is CNC(=O)C[C@@H](O)c1ccccc1. The van der Waals surface area contributed by atoms with Crippen LogP contribution in [0, 0.1) is 0 Å². The van der Waals surface area contributed by atoms with Crippen LogP contribution in [-0.2, 0) is 4.79 Å². The molecule has 0 bridgehead atoms. The van der Waals surface area contributed by atoms with Crippen LogP contribution in [0.3, 0.4) is 0 Å². The lowest BCUT2D eigenvalue weighted by atomic mass is 10.1. The lowest BCUT2D eigenvalue weighted by Gasteiger charge is -2.08. The molecular formula is C10H13NO2. The predicted octanol–water partition coefficient (Wildman–Crippen LogP) is 0.856. The minimum absolute atomic E-state index is 0.112. The molecule has 1 amide bonds. The van der Waals surface area contributed by atoms with E-state index in [0.29, 0.717) is 0 Å². The van der Waals surface area contributed by atoms with Gasteiger partial charge in [0.1, 0.15) is 0 Å². The molecule has 1 atom stereocenters. The summed E-state index contributed by atoms with van der Waals surface area (Å²) in [5.74, 6) is -0.156. The Morgan fingerprint density at radius 2 is 2.08 bits per heavy atom. The van der Waals surface area contributed by atoms with Crippen LogP contribution in [0.4, 0.5) is 0 Å². The topological polar surface area (TPSA) is 49.3 Å². The molecule has 0 fully saturated rings. The molecule has 70 valence electrons. The molecule has 0 unspecified atom stereocenters. The summed E-state index contributed by atoms with van der Waals surface area (Å²) in [5, 5.41) is 12.0. The van der Waals surface area contributed by atoms with Gasteiger partial charge in [-0.2, -0.15) is 0 Å². The molecule has 3 heteroatoms. The van der Waals surface area contributed by atoms with Crippen LogP contribution in [0.15, 0.2) is 30.3 Å². The van der Waals surface area contributed by atoms with Crippen LogP contribution in [0.2, 0.25) is 0 Å². The molecule has 1 aromatic carbocycles. The summed E-state index contributed by atoms with van der Waals surface area (Å²) in [6.07, 6.45) is -0.596. The summed E-state index contributed by atoms with van der Waals surface area (Å²) in [7, 11) is 1.56. The molecule has 0 aromatic heterocycles. The first kappa shape index (κ1) is 9.74. The molecule has 3 nitrogen and oxygen atoms in total. The molecule has 0 radical (unpaired) electrons. The van der Waals surface area contributed by atoms with Crippen molar-refractivity contribution < 1.29 is 9.90 Å². The zero-order valence-corrected chi connectivity index (χ0v) is 7.53. The summed E-state index contributed by atoms with van der Waals surface area (Å²) in [4.78, 5) is 10.9. The molecule has 0 heterocycles. The van der Waals surface area contributed by atoms with Gasteiger partial charge in [-0.1, -0.05) is 30.3 Å². The Morgan fingerprint density at radius 1 is 1.46 bits per heavy atom. The molecule has 0 saturated heterocycles. The van der Waals surface area contributed by atoms with Crippen molar-refractivity contribution in [2.75, 3.05) is 7.05 Å². The van der Waals surface area contributed by atoms with Crippen LogP contribution < -0.4 is 5.32 Å². The first-order chi connectivity index (χ1) is 6.24. The van der Waals surface area contributed by atoms with Gasteiger partial charge in [-0.15, -0.1) is 0 Å². The third kappa shape index (κ3) is 2.87. The number of hydrogen-bond acceptors (Lipinski definition) is 2. The van der Waals surface area contributed by atoms with Gasteiger partial charge in [-0.3, -0.25) is 4.79 Å². The minimum Gasteiger partial charge on any atom is -0.388 e. The summed E-state index contributed by atoms with van der Waals surface area (Å²) in [6, 6.07) is 9.14. The highest BCUT2D eigenvalue weighted by atomic mass is 16.3. The number of nitrogens with one attached hydrogen (secondary N) is 1. The van der Waals surface area contributed by atoms with Gasteiger partial charge in [-0.05, 0) is 5.56 Å². The third-order valence-corrected chi connectivity index (χ3v) is 1.84. The average Bonchev–Trinajstić information content (AvgIpc) is 2.19. The summed E-state index contributed by atoms with van der Waals surface area (Å²) >= 11 is 0. The molecule has 0 aliphatic carbocycles. The Morgan fingerprint density at radius 3 is 2.62 bits per heavy atom. The van der Waals surface area contributed by atoms with E-state index in [2.05, 4.69) is 5.32 Å². The van der Waals surface area contributed by atoms with Gasteiger partial charge in [0.2, 0.25) is 5.91 Å². The van der Waals surface area contributed by atoms with Gasteiger partial charge in [0, 0.05) is 7.05 Å². The first-order valence-corrected chi connectivity index (χ1v) is 4.17. The van der Waals surface area contributed by atoms with E-state index in [4.69, 9.17) is 0 Å². The highest BCUT2D eigenvalue weighted by Crippen LogP contribution is 2.15. The number of hydrogen-bond donors (Lipinski definition) is 2. The van der Waals surface area contributed by atoms with Crippen LogP contribution in [0.25, 0.3) is 0 Å². The maximum Gasteiger partial charge on any atom is 0.222 e. The van der Waals surface area contributed by atoms with Crippen LogP contribution in [-0.4, -0.2) is 18.1 Å². The van der Waals surface area contributed by atoms with E-state index in [0.717, 1.165) is 5.56 Å². The normalized spacial score (nSPS) is 12.2. The molecule has 1 rings (SSSR count). The highest BCUT2D eigenvalue weighted by Gasteiger charge is 2.10. The fraction of sp³-hybridized carbons (Fsp3) is 0.300. The van der Waals surface area contributed by atoms with Gasteiger partial charge >= 0.3 is 0 Å². The summed E-state index contributed by atoms with van der Waals surface area (Å²) < 4.78 is 0. The van der Waals surface area contributed by atoms with E-state index < -0.39 is 6.10 Å². The fourth-order valence-corrected chi connectivity index (χ4v) is 1.07. The summed E-state index contributed by atoms with van der Waals surface area (Å²) in [6.45, 7) is 0. The largest absolute Gasteiger partial charge is 0.388 e. The highest BCUT2D eigenvalue weighted by molar-refractivity contribution is 5.76. The predicted molar refractivity (Wildman–Crippen MR) is 50.1 cm³/mol. The Hall–Kier alpha value is -1.35. The van der Waals surface area contributed by atoms with Crippen molar-refractivity contribution in [1.82, 2.24) is 5.32 Å². The second-order valence-electron chi connectivity index (χ2n) is 2.80. The van der Waals surface area contributed by atoms with E-state index in [1.165, 1.54) is 0 Å². The number of aliphatic hydroxyl groups is 1. The smallest absolute Gasteiger partial charge is 0.222 e. The molecule has 0 aliphatic heterocycles. The zero-order chi connectivity index (χ0) is 9.68. The third-order valence-electron chi connectivity index (χ3n) is 1.84. The van der Waals surface area contributed by atoms with Crippen molar-refractivity contribution in [3.8, 4) is 0 Å². The monoisotopic (exact) mass is 179 g/mol. The standard InChI is InChI=1S/C10H13NO2/c1-11-10(13)7-9(12)8-5-3-2-4-6-8/h2-6,9,12H,7H2,1H3,(H,11,13)/t9-/m1/s1. The lowest BCUT2D eigenvalue weighted by molar-refractivity contribution is -0.122. The van der Waals surface area contributed by atoms with Crippen LogP contribution in [0.5, 0.6) is 0 Å². The molecule has 0 saturated carbocycles. The van der Waals surface area contributed by atoms with Crippen molar-refractivity contribution in [1.29, 1.82) is 0 Å². The minimum atomic E-state index is -0.707. The van der Waals surface area contributed by atoms with E-state index in [-0.39, 0.29) is 12.3 Å². The lowest BCUT2D eigenvalue weighted by Crippen LogP contribution is -2.20. The van der Waals surface area contributed by atoms with Crippen molar-refractivity contribution in [3.05, 3.63) is 35.9 Å². The first-order valence-electron chi connectivity index (χ1n) is 4.17. The number of benzene rings is 1. The van der Waals surface area contributed by atoms with Crippen molar-refractivity contribution >= 4 is 5.91 Å². The van der Waals surface area contributed by atoms with Crippen molar-refractivity contribution in [3.63, 3.8) is 0 Å². The van der Waals surface area contributed by atoms with Crippen molar-refractivity contribution in [2.24, 2.45) is 0 Å². The fourth-order valence-electron chi connectivity index (χ4n) is 1.07. The van der Waals surface area contributed by atoms with Crippen LogP contribution >= 0.6 is 0 Å². The van der Waals surface area contributed by atoms with Crippen molar-refractivity contribution in [2.45, 2.75) is 12.5 Å². The molecule has 1 aromatic rings. The zero-order valence-electron chi connectivity index (χ0n) is 7.53. The Bertz CT molecular complexity index is 272. The number of amides is 1. The van der Waals surface area contributed by atoms with Gasteiger partial charge in [0.15, 0.2) is 0 Å². The maximum absolute atomic E-state index is 10.9. The second-order valence-corrected chi connectivity index (χ2v) is 2.80. The number of carbonyl (C=O) groups is 1. The van der Waals surface area contributed by atoms with E-state index in [1.807, 2.05) is 18.2 Å². The van der Waals surface area contributed by atoms with Gasteiger partial charge in [-0.25, -0.2) is 0 Å². The van der Waals surface area contributed by atoms with Gasteiger partial charge < -0.3 is 10.4 Å². The van der Waals surface area contributed by atoms with E-state index in [9.17, 15) is 9.90 Å². The molecule has 0 spiro atoms. The Balaban J connectivity index is 2.59. The molecule has 2 N–H and O–H groups in total. The van der Waals surface area contributed by atoms with E-state index >= 15 is 0 Å². The van der Waals surface area contributed by atoms with Gasteiger partial charge in [0.05, 0.1) is 12.5 Å². The quantitative estimate of drug-likeness (QED) is 0.723. The van der Waals surface area contributed by atoms with Gasteiger partial charge in [0.25, 0.3) is 0 Å².